The SMILES string of the molecule is CCc1c(C(=O)N[C@@H](C)CN)cnn1C(C)(C)C.Cl. The van der Waals surface area contributed by atoms with Crippen LogP contribution in [-0.4, -0.2) is 28.3 Å². The summed E-state index contributed by atoms with van der Waals surface area (Å²) in [5, 5.41) is 7.21. The Balaban J connectivity index is 0.00000324. The van der Waals surface area contributed by atoms with Gasteiger partial charge in [-0.05, 0) is 34.1 Å². The second-order valence-corrected chi connectivity index (χ2v) is 5.55. The summed E-state index contributed by atoms with van der Waals surface area (Å²) in [5.41, 5.74) is 6.99. The van der Waals surface area contributed by atoms with Crippen molar-refractivity contribution in [2.75, 3.05) is 6.54 Å². The van der Waals surface area contributed by atoms with Crippen LogP contribution in [0.2, 0.25) is 0 Å². The van der Waals surface area contributed by atoms with Crippen molar-refractivity contribution < 1.29 is 4.79 Å². The van der Waals surface area contributed by atoms with Gasteiger partial charge in [0.1, 0.15) is 0 Å². The number of hydrogen-bond acceptors (Lipinski definition) is 3. The minimum Gasteiger partial charge on any atom is -0.348 e. The predicted octanol–water partition coefficient (Wildman–Crippen LogP) is 1.70. The molecule has 5 nitrogen and oxygen atoms in total. The number of rotatable bonds is 4. The molecule has 1 heterocycles. The zero-order chi connectivity index (χ0) is 13.9. The maximum absolute atomic E-state index is 12.1. The van der Waals surface area contributed by atoms with Crippen molar-refractivity contribution in [1.29, 1.82) is 0 Å². The van der Waals surface area contributed by atoms with E-state index in [2.05, 4.69) is 31.2 Å². The second-order valence-electron chi connectivity index (χ2n) is 5.55. The number of halogens is 1. The van der Waals surface area contributed by atoms with Gasteiger partial charge in [0.2, 0.25) is 0 Å². The van der Waals surface area contributed by atoms with Crippen LogP contribution in [0, 0.1) is 0 Å². The highest BCUT2D eigenvalue weighted by molar-refractivity contribution is 5.95. The second kappa shape index (κ2) is 6.91. The fourth-order valence-electron chi connectivity index (χ4n) is 1.84. The molecule has 0 spiro atoms. The van der Waals surface area contributed by atoms with Crippen molar-refractivity contribution in [3.63, 3.8) is 0 Å². The fourth-order valence-corrected chi connectivity index (χ4v) is 1.84. The molecular weight excluding hydrogens is 264 g/mol. The lowest BCUT2D eigenvalue weighted by atomic mass is 10.1. The standard InChI is InChI=1S/C13H24N4O.ClH/c1-6-11-10(12(18)16-9(2)7-14)8-15-17(11)13(3,4)5;/h8-9H,6-7,14H2,1-5H3,(H,16,18);1H/t9-;/m0./s1. The maximum Gasteiger partial charge on any atom is 0.255 e. The van der Waals surface area contributed by atoms with E-state index in [0.717, 1.165) is 12.1 Å². The molecule has 1 amide bonds. The van der Waals surface area contributed by atoms with E-state index < -0.39 is 0 Å². The number of nitrogens with one attached hydrogen (secondary N) is 1. The molecule has 0 unspecified atom stereocenters. The molecule has 110 valence electrons. The number of nitrogens with two attached hydrogens (primary N) is 1. The Labute approximate surface area is 121 Å². The van der Waals surface area contributed by atoms with Crippen LogP contribution in [0.4, 0.5) is 0 Å². The van der Waals surface area contributed by atoms with Gasteiger partial charge in [-0.1, -0.05) is 6.92 Å². The van der Waals surface area contributed by atoms with Crippen LogP contribution >= 0.6 is 12.4 Å². The lowest BCUT2D eigenvalue weighted by molar-refractivity contribution is 0.0940. The number of carbonyl (C=O) groups excluding carboxylic acids is 1. The fraction of sp³-hybridized carbons (Fsp3) is 0.692. The number of amides is 1. The first-order valence-electron chi connectivity index (χ1n) is 6.39. The van der Waals surface area contributed by atoms with Gasteiger partial charge in [0, 0.05) is 12.6 Å². The molecule has 0 aromatic carbocycles. The zero-order valence-corrected chi connectivity index (χ0v) is 13.2. The van der Waals surface area contributed by atoms with Crippen LogP contribution in [0.25, 0.3) is 0 Å². The highest BCUT2D eigenvalue weighted by Gasteiger charge is 2.23. The summed E-state index contributed by atoms with van der Waals surface area (Å²) in [6, 6.07) is -0.0276. The lowest BCUT2D eigenvalue weighted by Crippen LogP contribution is -2.38. The summed E-state index contributed by atoms with van der Waals surface area (Å²) in [6.07, 6.45) is 2.42. The van der Waals surface area contributed by atoms with Crippen LogP contribution in [-0.2, 0) is 12.0 Å². The van der Waals surface area contributed by atoms with Gasteiger partial charge in [-0.2, -0.15) is 5.10 Å². The van der Waals surface area contributed by atoms with Crippen LogP contribution in [0.15, 0.2) is 6.20 Å². The molecular formula is C13H25ClN4O. The molecule has 1 rings (SSSR count). The Hall–Kier alpha value is -1.07. The average molecular weight is 289 g/mol. The quantitative estimate of drug-likeness (QED) is 0.886. The summed E-state index contributed by atoms with van der Waals surface area (Å²) in [7, 11) is 0. The number of hydrogen-bond donors (Lipinski definition) is 2. The molecule has 0 bridgehead atoms. The molecule has 0 aliphatic carbocycles. The van der Waals surface area contributed by atoms with E-state index in [1.165, 1.54) is 0 Å². The molecule has 0 radical (unpaired) electrons. The summed E-state index contributed by atoms with van der Waals surface area (Å²) < 4.78 is 1.91. The minimum atomic E-state index is -0.122. The molecule has 0 saturated carbocycles. The maximum atomic E-state index is 12.1. The molecule has 0 aliphatic rings. The van der Waals surface area contributed by atoms with Crippen molar-refractivity contribution in [1.82, 2.24) is 15.1 Å². The first-order valence-corrected chi connectivity index (χ1v) is 6.39. The third-order valence-electron chi connectivity index (χ3n) is 2.81. The Morgan fingerprint density at radius 2 is 2.11 bits per heavy atom. The normalized spacial score (nSPS) is 12.7. The van der Waals surface area contributed by atoms with Crippen molar-refractivity contribution in [3.8, 4) is 0 Å². The summed E-state index contributed by atoms with van der Waals surface area (Å²) in [5.74, 6) is -0.0969. The number of aromatic nitrogens is 2. The van der Waals surface area contributed by atoms with Crippen molar-refractivity contribution in [3.05, 3.63) is 17.5 Å². The third kappa shape index (κ3) is 4.21. The molecule has 0 saturated heterocycles. The van der Waals surface area contributed by atoms with Crippen LogP contribution in [0.5, 0.6) is 0 Å². The first kappa shape index (κ1) is 17.9. The van der Waals surface area contributed by atoms with Gasteiger partial charge in [0.15, 0.2) is 0 Å². The van der Waals surface area contributed by atoms with Gasteiger partial charge >= 0.3 is 0 Å². The van der Waals surface area contributed by atoms with Gasteiger partial charge in [-0.25, -0.2) is 0 Å². The molecule has 3 N–H and O–H groups in total. The van der Waals surface area contributed by atoms with E-state index in [1.54, 1.807) is 6.20 Å². The Morgan fingerprint density at radius 1 is 1.53 bits per heavy atom. The third-order valence-corrected chi connectivity index (χ3v) is 2.81. The summed E-state index contributed by atoms with van der Waals surface area (Å²) >= 11 is 0. The molecule has 19 heavy (non-hydrogen) atoms. The zero-order valence-electron chi connectivity index (χ0n) is 12.4. The van der Waals surface area contributed by atoms with Crippen molar-refractivity contribution in [2.24, 2.45) is 5.73 Å². The molecule has 1 atom stereocenters. The van der Waals surface area contributed by atoms with Crippen LogP contribution in [0.3, 0.4) is 0 Å². The highest BCUT2D eigenvalue weighted by Crippen LogP contribution is 2.19. The number of carbonyl (C=O) groups is 1. The average Bonchev–Trinajstić information content (AvgIpc) is 2.71. The Bertz CT molecular complexity index is 423. The van der Waals surface area contributed by atoms with E-state index in [4.69, 9.17) is 5.73 Å². The van der Waals surface area contributed by atoms with Gasteiger partial charge in [-0.3, -0.25) is 9.48 Å². The molecule has 1 aromatic rings. The lowest BCUT2D eigenvalue weighted by Gasteiger charge is -2.22. The first-order chi connectivity index (χ1) is 8.31. The largest absolute Gasteiger partial charge is 0.348 e. The van der Waals surface area contributed by atoms with Crippen molar-refractivity contribution >= 4 is 18.3 Å². The molecule has 6 heteroatoms. The van der Waals surface area contributed by atoms with E-state index in [9.17, 15) is 4.79 Å². The Morgan fingerprint density at radius 3 is 2.53 bits per heavy atom. The molecule has 0 aliphatic heterocycles. The van der Waals surface area contributed by atoms with Gasteiger partial charge in [-0.15, -0.1) is 12.4 Å². The topological polar surface area (TPSA) is 72.9 Å². The smallest absolute Gasteiger partial charge is 0.255 e. The van der Waals surface area contributed by atoms with Crippen LogP contribution in [0.1, 0.15) is 50.7 Å². The van der Waals surface area contributed by atoms with E-state index in [-0.39, 0.29) is 29.9 Å². The van der Waals surface area contributed by atoms with Crippen LogP contribution < -0.4 is 11.1 Å². The summed E-state index contributed by atoms with van der Waals surface area (Å²) in [4.78, 5) is 12.1. The summed E-state index contributed by atoms with van der Waals surface area (Å²) in [6.45, 7) is 10.6. The predicted molar refractivity (Wildman–Crippen MR) is 79.8 cm³/mol. The van der Waals surface area contributed by atoms with E-state index in [0.29, 0.717) is 12.1 Å². The van der Waals surface area contributed by atoms with E-state index in [1.807, 2.05) is 18.5 Å². The van der Waals surface area contributed by atoms with E-state index >= 15 is 0 Å². The Kier molecular flexibility index (Phi) is 6.52. The van der Waals surface area contributed by atoms with Gasteiger partial charge < -0.3 is 11.1 Å². The number of nitrogens with zero attached hydrogens (tertiary/aromatic N) is 2. The van der Waals surface area contributed by atoms with Gasteiger partial charge in [0.25, 0.3) is 5.91 Å². The van der Waals surface area contributed by atoms with Crippen molar-refractivity contribution in [2.45, 2.75) is 52.6 Å². The molecule has 1 aromatic heterocycles. The van der Waals surface area contributed by atoms with Gasteiger partial charge in [0.05, 0.1) is 23.0 Å². The highest BCUT2D eigenvalue weighted by atomic mass is 35.5. The molecule has 0 fully saturated rings. The minimum absolute atomic E-state index is 0. The monoisotopic (exact) mass is 288 g/mol.